The minimum absolute atomic E-state index is 0.0981. The van der Waals surface area contributed by atoms with Crippen LogP contribution in [0.15, 0.2) is 146 Å². The van der Waals surface area contributed by atoms with E-state index in [1.54, 1.807) is 0 Å². The Morgan fingerprint density at radius 1 is 0.464 bits per heavy atom. The maximum atomic E-state index is 7.08. The Kier molecular flexibility index (Phi) is 10.9. The quantitative estimate of drug-likeness (QED) is 0.0925. The van der Waals surface area contributed by atoms with E-state index in [9.17, 15) is 0 Å². The molecule has 3 nitrogen and oxygen atoms in total. The Hall–Kier alpha value is -4.80. The number of rotatable bonds is 16. The molecule has 0 fully saturated rings. The lowest BCUT2D eigenvalue weighted by molar-refractivity contribution is -0.0726. The highest BCUT2D eigenvalue weighted by Crippen LogP contribution is 2.58. The predicted octanol–water partition coefficient (Wildman–Crippen LogP) is 13.0. The number of fused-ring (bicyclic) bond motifs is 6. The molecule has 3 heteroatoms. The van der Waals surface area contributed by atoms with Crippen molar-refractivity contribution >= 4 is 0 Å². The summed E-state index contributed by atoms with van der Waals surface area (Å²) >= 11 is 0. The van der Waals surface area contributed by atoms with Crippen LogP contribution in [-0.4, -0.2) is 32.0 Å². The lowest BCUT2D eigenvalue weighted by Gasteiger charge is -2.40. The fourth-order valence-corrected chi connectivity index (χ4v) is 9.88. The summed E-state index contributed by atoms with van der Waals surface area (Å²) in [5.41, 5.74) is 14.2. The van der Waals surface area contributed by atoms with Crippen molar-refractivity contribution in [1.29, 1.82) is 0 Å². The number of benzene rings is 6. The molecule has 0 unspecified atom stereocenters. The zero-order chi connectivity index (χ0) is 38.8. The highest BCUT2D eigenvalue weighted by molar-refractivity contribution is 5.85. The highest BCUT2D eigenvalue weighted by atomic mass is 16.6. The van der Waals surface area contributed by atoms with Gasteiger partial charge in [0.1, 0.15) is 5.60 Å². The molecule has 0 saturated carbocycles. The molecule has 0 atom stereocenters. The lowest BCUT2D eigenvalue weighted by atomic mass is 9.62. The van der Waals surface area contributed by atoms with Crippen LogP contribution in [-0.2, 0) is 25.2 Å². The van der Waals surface area contributed by atoms with Gasteiger partial charge in [-0.15, -0.1) is 0 Å². The van der Waals surface area contributed by atoms with Crippen molar-refractivity contribution in [3.05, 3.63) is 179 Å². The van der Waals surface area contributed by atoms with Crippen LogP contribution < -0.4 is 0 Å². The minimum atomic E-state index is -0.747. The molecule has 0 spiro atoms. The van der Waals surface area contributed by atoms with Crippen LogP contribution in [0.4, 0.5) is 0 Å². The van der Waals surface area contributed by atoms with E-state index < -0.39 is 5.60 Å². The largest absolute Gasteiger partial charge is 0.377 e. The summed E-state index contributed by atoms with van der Waals surface area (Å²) in [4.78, 5) is 0. The third-order valence-electron chi connectivity index (χ3n) is 13.2. The molecule has 6 aromatic rings. The fourth-order valence-electron chi connectivity index (χ4n) is 9.88. The maximum absolute atomic E-state index is 7.08. The smallest absolute Gasteiger partial charge is 0.145 e. The van der Waals surface area contributed by atoms with Gasteiger partial charge in [0, 0.05) is 16.5 Å². The summed E-state index contributed by atoms with van der Waals surface area (Å²) < 4.78 is 19.3. The standard InChI is InChI=1S/C53H56O3/c1-6-40(7-2)52(47-22-14-10-18-43(47)44-19-11-15-23-48(44)52)41-30-26-38(27-31-41)39-28-32-42(33-29-39)53(56-37-35-54-34-36-55-51(5,8-3)9-4)49-24-16-12-20-45(49)46-21-13-17-25-50(46)53/h10-33,40H,6-9,34-37H2,1-5H3. The molecule has 0 bridgehead atoms. The maximum Gasteiger partial charge on any atom is 0.145 e. The zero-order valence-electron chi connectivity index (χ0n) is 33.8. The molecule has 8 rings (SSSR count). The van der Waals surface area contributed by atoms with Gasteiger partial charge >= 0.3 is 0 Å². The van der Waals surface area contributed by atoms with Crippen molar-refractivity contribution < 1.29 is 14.2 Å². The number of hydrogen-bond acceptors (Lipinski definition) is 3. The summed E-state index contributed by atoms with van der Waals surface area (Å²) in [7, 11) is 0. The molecule has 0 heterocycles. The average Bonchev–Trinajstić information content (AvgIpc) is 3.72. The monoisotopic (exact) mass is 740 g/mol. The Labute approximate surface area is 334 Å². The summed E-state index contributed by atoms with van der Waals surface area (Å²) in [5, 5.41) is 0. The van der Waals surface area contributed by atoms with Crippen LogP contribution in [0.25, 0.3) is 33.4 Å². The zero-order valence-corrected chi connectivity index (χ0v) is 33.8. The molecule has 2 aliphatic carbocycles. The van der Waals surface area contributed by atoms with Crippen LogP contribution in [0, 0.1) is 5.92 Å². The Morgan fingerprint density at radius 2 is 0.875 bits per heavy atom. The van der Waals surface area contributed by atoms with Gasteiger partial charge in [-0.05, 0) is 81.3 Å². The Balaban J connectivity index is 1.10. The third kappa shape index (κ3) is 6.25. The van der Waals surface area contributed by atoms with Crippen LogP contribution >= 0.6 is 0 Å². The van der Waals surface area contributed by atoms with Crippen molar-refractivity contribution in [2.24, 2.45) is 5.92 Å². The second kappa shape index (κ2) is 16.0. The molecule has 0 radical (unpaired) electrons. The molecule has 2 aliphatic rings. The van der Waals surface area contributed by atoms with E-state index in [-0.39, 0.29) is 11.0 Å². The SMILES string of the molecule is CCC(CC)C1(c2ccc(-c3ccc(C4(OCCOCCOC(C)(CC)CC)c5ccccc5-c5ccccc54)cc3)cc2)c2ccccc2-c2ccccc21. The van der Waals surface area contributed by atoms with Crippen molar-refractivity contribution in [1.82, 2.24) is 0 Å². The van der Waals surface area contributed by atoms with Crippen LogP contribution in [0.2, 0.25) is 0 Å². The molecule has 6 aromatic carbocycles. The number of hydrogen-bond donors (Lipinski definition) is 0. The number of ether oxygens (including phenoxy) is 3. The van der Waals surface area contributed by atoms with E-state index in [2.05, 4.69) is 180 Å². The summed E-state index contributed by atoms with van der Waals surface area (Å²) in [6.45, 7) is 13.3. The van der Waals surface area contributed by atoms with Crippen molar-refractivity contribution in [2.75, 3.05) is 26.4 Å². The normalized spacial score (nSPS) is 14.7. The first-order valence-corrected chi connectivity index (χ1v) is 20.9. The first-order valence-electron chi connectivity index (χ1n) is 20.9. The van der Waals surface area contributed by atoms with Gasteiger partial charge in [-0.2, -0.15) is 0 Å². The van der Waals surface area contributed by atoms with E-state index in [1.165, 1.54) is 61.2 Å². The summed E-state index contributed by atoms with van der Waals surface area (Å²) in [6, 6.07) is 54.0. The molecular weight excluding hydrogens is 685 g/mol. The molecule has 0 aromatic heterocycles. The van der Waals surface area contributed by atoms with Gasteiger partial charge in [0.05, 0.1) is 32.0 Å². The van der Waals surface area contributed by atoms with Gasteiger partial charge < -0.3 is 14.2 Å². The Morgan fingerprint density at radius 3 is 1.34 bits per heavy atom. The summed E-state index contributed by atoms with van der Waals surface area (Å²) in [5.74, 6) is 0.474. The molecule has 0 amide bonds. The van der Waals surface area contributed by atoms with Gasteiger partial charge in [-0.25, -0.2) is 0 Å². The van der Waals surface area contributed by atoms with E-state index in [0.29, 0.717) is 32.3 Å². The van der Waals surface area contributed by atoms with Crippen LogP contribution in [0.1, 0.15) is 93.7 Å². The summed E-state index contributed by atoms with van der Waals surface area (Å²) in [6.07, 6.45) is 4.19. The van der Waals surface area contributed by atoms with Crippen LogP contribution in [0.5, 0.6) is 0 Å². The van der Waals surface area contributed by atoms with Gasteiger partial charge in [0.15, 0.2) is 0 Å². The molecule has 286 valence electrons. The first-order chi connectivity index (χ1) is 27.4. The van der Waals surface area contributed by atoms with Gasteiger partial charge in [-0.1, -0.05) is 186 Å². The molecule has 0 aliphatic heterocycles. The average molecular weight is 741 g/mol. The second-order valence-electron chi connectivity index (χ2n) is 15.8. The highest BCUT2D eigenvalue weighted by Gasteiger charge is 2.49. The molecule has 56 heavy (non-hydrogen) atoms. The fraction of sp³-hybridized carbons (Fsp3) is 0.321. The van der Waals surface area contributed by atoms with E-state index in [0.717, 1.165) is 31.2 Å². The van der Waals surface area contributed by atoms with Crippen LogP contribution in [0.3, 0.4) is 0 Å². The predicted molar refractivity (Wildman–Crippen MR) is 231 cm³/mol. The molecule has 0 N–H and O–H groups in total. The van der Waals surface area contributed by atoms with Crippen molar-refractivity contribution in [2.45, 2.75) is 76.9 Å². The topological polar surface area (TPSA) is 27.7 Å². The molecular formula is C53H56O3. The minimum Gasteiger partial charge on any atom is -0.377 e. The van der Waals surface area contributed by atoms with E-state index >= 15 is 0 Å². The third-order valence-corrected chi connectivity index (χ3v) is 13.2. The van der Waals surface area contributed by atoms with Gasteiger partial charge in [0.2, 0.25) is 0 Å². The first kappa shape index (κ1) is 38.1. The lowest BCUT2D eigenvalue weighted by Crippen LogP contribution is -2.35. The Bertz CT molecular complexity index is 2170. The second-order valence-corrected chi connectivity index (χ2v) is 15.8. The van der Waals surface area contributed by atoms with Gasteiger partial charge in [-0.3, -0.25) is 0 Å². The van der Waals surface area contributed by atoms with Crippen molar-refractivity contribution in [3.63, 3.8) is 0 Å². The van der Waals surface area contributed by atoms with E-state index in [4.69, 9.17) is 14.2 Å². The van der Waals surface area contributed by atoms with E-state index in [1.807, 2.05) is 0 Å². The molecule has 0 saturated heterocycles. The van der Waals surface area contributed by atoms with Gasteiger partial charge in [0.25, 0.3) is 0 Å². The van der Waals surface area contributed by atoms with Crippen molar-refractivity contribution in [3.8, 4) is 33.4 Å².